The van der Waals surface area contributed by atoms with Crippen LogP contribution in [0, 0.1) is 13.8 Å². The number of benzene rings is 1. The van der Waals surface area contributed by atoms with E-state index in [-0.39, 0.29) is 23.5 Å². The lowest BCUT2D eigenvalue weighted by molar-refractivity contribution is 0.0941. The Bertz CT molecular complexity index is 838. The Hall–Kier alpha value is -2.15. The Morgan fingerprint density at radius 3 is 2.48 bits per heavy atom. The Morgan fingerprint density at radius 1 is 1.26 bits per heavy atom. The number of aryl methyl sites for hydroxylation is 2. The zero-order valence-electron chi connectivity index (χ0n) is 13.1. The van der Waals surface area contributed by atoms with Gasteiger partial charge >= 0.3 is 0 Å². The highest BCUT2D eigenvalue weighted by Gasteiger charge is 2.29. The van der Waals surface area contributed by atoms with E-state index < -0.39 is 9.84 Å². The molecule has 1 aliphatic heterocycles. The third kappa shape index (κ3) is 3.44. The molecule has 0 radical (unpaired) electrons. The number of amides is 1. The van der Waals surface area contributed by atoms with Crippen LogP contribution in [-0.2, 0) is 9.84 Å². The summed E-state index contributed by atoms with van der Waals surface area (Å²) in [5, 5.41) is 7.19. The number of rotatable bonds is 3. The molecule has 122 valence electrons. The summed E-state index contributed by atoms with van der Waals surface area (Å²) in [6.45, 7) is 3.90. The van der Waals surface area contributed by atoms with Gasteiger partial charge < -0.3 is 5.32 Å². The van der Waals surface area contributed by atoms with E-state index in [4.69, 9.17) is 0 Å². The molecule has 0 aliphatic carbocycles. The largest absolute Gasteiger partial charge is 0.348 e. The topological polar surface area (TPSA) is 81.1 Å². The summed E-state index contributed by atoms with van der Waals surface area (Å²) in [5.41, 5.74) is 3.36. The average molecular weight is 333 g/mol. The zero-order valence-corrected chi connectivity index (χ0v) is 13.9. The van der Waals surface area contributed by atoms with Gasteiger partial charge in [0, 0.05) is 17.3 Å². The molecule has 1 amide bonds. The number of hydrogen-bond acceptors (Lipinski definition) is 4. The minimum atomic E-state index is -2.99. The lowest BCUT2D eigenvalue weighted by Crippen LogP contribution is -2.35. The van der Waals surface area contributed by atoms with Crippen molar-refractivity contribution < 1.29 is 13.2 Å². The maximum Gasteiger partial charge on any atom is 0.251 e. The van der Waals surface area contributed by atoms with Gasteiger partial charge in [0.05, 0.1) is 22.9 Å². The quantitative estimate of drug-likeness (QED) is 0.921. The van der Waals surface area contributed by atoms with Crippen molar-refractivity contribution in [2.75, 3.05) is 11.5 Å². The van der Waals surface area contributed by atoms with Gasteiger partial charge in [-0.2, -0.15) is 5.10 Å². The van der Waals surface area contributed by atoms with Gasteiger partial charge in [0.25, 0.3) is 5.91 Å². The highest BCUT2D eigenvalue weighted by molar-refractivity contribution is 7.91. The first-order valence-corrected chi connectivity index (χ1v) is 9.31. The molecule has 2 heterocycles. The van der Waals surface area contributed by atoms with Crippen molar-refractivity contribution in [3.8, 4) is 5.69 Å². The first-order valence-electron chi connectivity index (χ1n) is 7.49. The van der Waals surface area contributed by atoms with Crippen LogP contribution >= 0.6 is 0 Å². The van der Waals surface area contributed by atoms with E-state index in [2.05, 4.69) is 10.4 Å². The smallest absolute Gasteiger partial charge is 0.251 e. The fourth-order valence-corrected chi connectivity index (χ4v) is 4.50. The number of nitrogens with zero attached hydrogens (tertiary/aromatic N) is 2. The van der Waals surface area contributed by atoms with Gasteiger partial charge in [-0.25, -0.2) is 13.1 Å². The summed E-state index contributed by atoms with van der Waals surface area (Å²) in [6.07, 6.45) is 0.484. The molecule has 1 N–H and O–H groups in total. The van der Waals surface area contributed by atoms with E-state index in [0.717, 1.165) is 17.1 Å². The Morgan fingerprint density at radius 2 is 1.96 bits per heavy atom. The summed E-state index contributed by atoms with van der Waals surface area (Å²) in [7, 11) is -2.99. The normalized spacial score (nSPS) is 19.7. The maximum atomic E-state index is 12.2. The molecular weight excluding hydrogens is 314 g/mol. The molecule has 0 spiro atoms. The molecule has 1 aliphatic rings. The van der Waals surface area contributed by atoms with Gasteiger partial charge in [0.1, 0.15) is 0 Å². The van der Waals surface area contributed by atoms with Gasteiger partial charge in [-0.3, -0.25) is 4.79 Å². The Kier molecular flexibility index (Phi) is 3.97. The highest BCUT2D eigenvalue weighted by Crippen LogP contribution is 2.15. The van der Waals surface area contributed by atoms with Crippen molar-refractivity contribution in [1.82, 2.24) is 15.1 Å². The second kappa shape index (κ2) is 5.81. The third-order valence-corrected chi connectivity index (χ3v) is 5.72. The number of nitrogens with one attached hydrogen (secondary N) is 1. The van der Waals surface area contributed by atoms with Crippen LogP contribution in [0.1, 0.15) is 28.2 Å². The molecule has 2 aromatic rings. The molecule has 0 saturated carbocycles. The second-order valence-electron chi connectivity index (χ2n) is 5.96. The van der Waals surface area contributed by atoms with Crippen molar-refractivity contribution >= 4 is 15.7 Å². The monoisotopic (exact) mass is 333 g/mol. The molecule has 7 heteroatoms. The molecule has 1 aromatic heterocycles. The predicted molar refractivity (Wildman–Crippen MR) is 87.6 cm³/mol. The van der Waals surface area contributed by atoms with Crippen LogP contribution < -0.4 is 5.32 Å². The summed E-state index contributed by atoms with van der Waals surface area (Å²) in [4.78, 5) is 12.2. The van der Waals surface area contributed by atoms with Gasteiger partial charge in [0.2, 0.25) is 0 Å². The number of carbonyl (C=O) groups excluding carboxylic acids is 1. The molecule has 1 saturated heterocycles. The fraction of sp³-hybridized carbons (Fsp3) is 0.375. The minimum absolute atomic E-state index is 0.0303. The second-order valence-corrected chi connectivity index (χ2v) is 8.19. The number of aromatic nitrogens is 2. The molecule has 1 unspecified atom stereocenters. The standard InChI is InChI=1S/C16H19N3O3S/c1-11-9-12(2)19(18-11)15-5-3-13(4-6-15)16(20)17-14-7-8-23(21,22)10-14/h3-6,9,14H,7-8,10H2,1-2H3,(H,17,20). The lowest BCUT2D eigenvalue weighted by Gasteiger charge is -2.11. The number of carbonyl (C=O) groups is 1. The van der Waals surface area contributed by atoms with Crippen molar-refractivity contribution in [3.05, 3.63) is 47.3 Å². The van der Waals surface area contributed by atoms with E-state index in [1.807, 2.05) is 36.7 Å². The molecular formula is C16H19N3O3S. The summed E-state index contributed by atoms with van der Waals surface area (Å²) < 4.78 is 24.7. The van der Waals surface area contributed by atoms with Crippen LogP contribution in [0.4, 0.5) is 0 Å². The molecule has 23 heavy (non-hydrogen) atoms. The van der Waals surface area contributed by atoms with Gasteiger partial charge in [0.15, 0.2) is 9.84 Å². The third-order valence-electron chi connectivity index (χ3n) is 3.95. The van der Waals surface area contributed by atoms with Crippen LogP contribution in [0.2, 0.25) is 0 Å². The minimum Gasteiger partial charge on any atom is -0.348 e. The van der Waals surface area contributed by atoms with Crippen molar-refractivity contribution in [3.63, 3.8) is 0 Å². The predicted octanol–water partition coefficient (Wildman–Crippen LogP) is 1.41. The van der Waals surface area contributed by atoms with Crippen LogP contribution in [-0.4, -0.2) is 41.7 Å². The van der Waals surface area contributed by atoms with Gasteiger partial charge in [-0.05, 0) is 50.6 Å². The van der Waals surface area contributed by atoms with Crippen molar-refractivity contribution in [2.45, 2.75) is 26.3 Å². The number of sulfone groups is 1. The number of hydrogen-bond donors (Lipinski definition) is 1. The molecule has 3 rings (SSSR count). The fourth-order valence-electron chi connectivity index (χ4n) is 2.82. The maximum absolute atomic E-state index is 12.2. The van der Waals surface area contributed by atoms with E-state index in [9.17, 15) is 13.2 Å². The molecule has 1 fully saturated rings. The highest BCUT2D eigenvalue weighted by atomic mass is 32.2. The Balaban J connectivity index is 1.72. The summed E-state index contributed by atoms with van der Waals surface area (Å²) >= 11 is 0. The van der Waals surface area contributed by atoms with Crippen molar-refractivity contribution in [2.24, 2.45) is 0 Å². The first-order chi connectivity index (χ1) is 10.8. The first kappa shape index (κ1) is 15.7. The molecule has 1 aromatic carbocycles. The van der Waals surface area contributed by atoms with Crippen LogP contribution in [0.15, 0.2) is 30.3 Å². The SMILES string of the molecule is Cc1cc(C)n(-c2ccc(C(=O)NC3CCS(=O)(=O)C3)cc2)n1. The van der Waals surface area contributed by atoms with Crippen LogP contribution in [0.3, 0.4) is 0 Å². The average Bonchev–Trinajstić information content (AvgIpc) is 3.00. The Labute approximate surface area is 135 Å². The van der Waals surface area contributed by atoms with Gasteiger partial charge in [-0.1, -0.05) is 0 Å². The molecule has 0 bridgehead atoms. The van der Waals surface area contributed by atoms with E-state index in [0.29, 0.717) is 12.0 Å². The molecule has 1 atom stereocenters. The van der Waals surface area contributed by atoms with Gasteiger partial charge in [-0.15, -0.1) is 0 Å². The zero-order chi connectivity index (χ0) is 16.6. The van der Waals surface area contributed by atoms with Crippen LogP contribution in [0.5, 0.6) is 0 Å². The summed E-state index contributed by atoms with van der Waals surface area (Å²) in [5.74, 6) is -0.0655. The summed E-state index contributed by atoms with van der Waals surface area (Å²) in [6, 6.07) is 8.82. The van der Waals surface area contributed by atoms with Crippen molar-refractivity contribution in [1.29, 1.82) is 0 Å². The van der Waals surface area contributed by atoms with E-state index in [1.54, 1.807) is 12.1 Å². The van der Waals surface area contributed by atoms with E-state index >= 15 is 0 Å². The lowest BCUT2D eigenvalue weighted by atomic mass is 10.1. The van der Waals surface area contributed by atoms with Crippen LogP contribution in [0.25, 0.3) is 5.69 Å². The molecule has 6 nitrogen and oxygen atoms in total. The van der Waals surface area contributed by atoms with E-state index in [1.165, 1.54) is 0 Å².